The molecule has 0 aliphatic rings. The molecule has 0 amide bonds. The van der Waals surface area contributed by atoms with E-state index in [4.69, 9.17) is 14.9 Å². The molecule has 0 spiro atoms. The fourth-order valence-electron chi connectivity index (χ4n) is 3.40. The van der Waals surface area contributed by atoms with Crippen molar-refractivity contribution < 1.29 is 4.74 Å². The average Bonchev–Trinajstić information content (AvgIpc) is 3.24. The first-order chi connectivity index (χ1) is 13.5. The van der Waals surface area contributed by atoms with Crippen LogP contribution < -0.4 is 4.74 Å². The molecule has 0 N–H and O–H groups in total. The summed E-state index contributed by atoms with van der Waals surface area (Å²) < 4.78 is 9.14. The van der Waals surface area contributed by atoms with E-state index in [9.17, 15) is 0 Å². The third kappa shape index (κ3) is 3.17. The minimum absolute atomic E-state index is 0.810. The number of nitrogens with zero attached hydrogens (tertiary/aromatic N) is 5. The summed E-state index contributed by atoms with van der Waals surface area (Å²) in [6.07, 6.45) is 5.92. The Morgan fingerprint density at radius 1 is 0.929 bits per heavy atom. The van der Waals surface area contributed by atoms with Gasteiger partial charge in [-0.2, -0.15) is 10.2 Å². The van der Waals surface area contributed by atoms with Crippen LogP contribution in [0.5, 0.6) is 5.75 Å². The highest BCUT2D eigenvalue weighted by Crippen LogP contribution is 2.33. The van der Waals surface area contributed by atoms with Crippen molar-refractivity contribution in [1.82, 2.24) is 24.5 Å². The standard InChI is InChI=1S/C22H23N5O/c1-14-6-7-18(28-5)11-21(14)27-13-19(16(3)24-27)20-12-26(4)25-22(20)17-8-9-23-15(2)10-17/h6-13H,1-5H3. The number of hydrogen-bond donors (Lipinski definition) is 0. The number of methoxy groups -OCH3 is 1. The molecule has 6 heteroatoms. The Morgan fingerprint density at radius 2 is 1.75 bits per heavy atom. The van der Waals surface area contributed by atoms with Crippen LogP contribution in [0, 0.1) is 20.8 Å². The number of hydrogen-bond acceptors (Lipinski definition) is 4. The van der Waals surface area contributed by atoms with Gasteiger partial charge in [0.1, 0.15) is 11.4 Å². The van der Waals surface area contributed by atoms with E-state index in [2.05, 4.69) is 24.2 Å². The van der Waals surface area contributed by atoms with Crippen LogP contribution in [0.3, 0.4) is 0 Å². The zero-order valence-electron chi connectivity index (χ0n) is 16.8. The maximum absolute atomic E-state index is 5.38. The summed E-state index contributed by atoms with van der Waals surface area (Å²) in [6.45, 7) is 6.08. The van der Waals surface area contributed by atoms with Crippen molar-refractivity contribution in [2.45, 2.75) is 20.8 Å². The van der Waals surface area contributed by atoms with Gasteiger partial charge in [-0.05, 0) is 44.5 Å². The average molecular weight is 373 g/mol. The number of benzene rings is 1. The molecule has 0 fully saturated rings. The molecule has 4 aromatic rings. The van der Waals surface area contributed by atoms with E-state index in [1.165, 1.54) is 0 Å². The molecule has 0 aliphatic heterocycles. The number of aromatic nitrogens is 5. The predicted octanol–water partition coefficient (Wildman–Crippen LogP) is 4.27. The summed E-state index contributed by atoms with van der Waals surface area (Å²) in [5.41, 5.74) is 8.13. The van der Waals surface area contributed by atoms with Gasteiger partial charge >= 0.3 is 0 Å². The van der Waals surface area contributed by atoms with E-state index in [-0.39, 0.29) is 0 Å². The van der Waals surface area contributed by atoms with Gasteiger partial charge in [-0.3, -0.25) is 9.67 Å². The summed E-state index contributed by atoms with van der Waals surface area (Å²) in [4.78, 5) is 4.30. The van der Waals surface area contributed by atoms with Crippen LogP contribution >= 0.6 is 0 Å². The Labute approximate surface area is 164 Å². The van der Waals surface area contributed by atoms with E-state index in [0.29, 0.717) is 0 Å². The lowest BCUT2D eigenvalue weighted by Gasteiger charge is -2.08. The summed E-state index contributed by atoms with van der Waals surface area (Å²) in [5, 5.41) is 9.47. The van der Waals surface area contributed by atoms with Crippen LogP contribution in [0.2, 0.25) is 0 Å². The lowest BCUT2D eigenvalue weighted by molar-refractivity contribution is 0.414. The van der Waals surface area contributed by atoms with Crippen molar-refractivity contribution in [2.24, 2.45) is 7.05 Å². The normalized spacial score (nSPS) is 11.0. The Balaban J connectivity index is 1.85. The molecule has 28 heavy (non-hydrogen) atoms. The number of ether oxygens (including phenoxy) is 1. The summed E-state index contributed by atoms with van der Waals surface area (Å²) >= 11 is 0. The van der Waals surface area contributed by atoms with E-state index in [1.807, 2.05) is 66.9 Å². The lowest BCUT2D eigenvalue weighted by atomic mass is 10.0. The molecule has 6 nitrogen and oxygen atoms in total. The van der Waals surface area contributed by atoms with Gasteiger partial charge in [0.25, 0.3) is 0 Å². The molecule has 3 aromatic heterocycles. The van der Waals surface area contributed by atoms with Crippen LogP contribution in [0.4, 0.5) is 0 Å². The molecule has 0 saturated carbocycles. The minimum atomic E-state index is 0.810. The van der Waals surface area contributed by atoms with E-state index < -0.39 is 0 Å². The van der Waals surface area contributed by atoms with Gasteiger partial charge in [-0.15, -0.1) is 0 Å². The van der Waals surface area contributed by atoms with Gasteiger partial charge < -0.3 is 4.74 Å². The van der Waals surface area contributed by atoms with Gasteiger partial charge in [0.2, 0.25) is 0 Å². The van der Waals surface area contributed by atoms with E-state index >= 15 is 0 Å². The van der Waals surface area contributed by atoms with E-state index in [0.717, 1.165) is 50.8 Å². The van der Waals surface area contributed by atoms with Crippen LogP contribution in [0.15, 0.2) is 48.9 Å². The third-order valence-electron chi connectivity index (χ3n) is 4.85. The van der Waals surface area contributed by atoms with Crippen LogP contribution in [0.25, 0.3) is 28.1 Å². The Bertz CT molecular complexity index is 1160. The molecule has 0 bridgehead atoms. The first-order valence-corrected chi connectivity index (χ1v) is 9.14. The molecule has 0 saturated heterocycles. The number of pyridine rings is 1. The largest absolute Gasteiger partial charge is 0.497 e. The lowest BCUT2D eigenvalue weighted by Crippen LogP contribution is -1.98. The molecule has 1 aromatic carbocycles. The van der Waals surface area contributed by atoms with Crippen molar-refractivity contribution in [2.75, 3.05) is 7.11 Å². The molecule has 0 aliphatic carbocycles. The molecular weight excluding hydrogens is 350 g/mol. The maximum Gasteiger partial charge on any atom is 0.121 e. The molecule has 3 heterocycles. The van der Waals surface area contributed by atoms with Crippen LogP contribution in [0.1, 0.15) is 17.0 Å². The monoisotopic (exact) mass is 373 g/mol. The minimum Gasteiger partial charge on any atom is -0.497 e. The van der Waals surface area contributed by atoms with Crippen LogP contribution in [-0.2, 0) is 7.05 Å². The molecule has 0 atom stereocenters. The highest BCUT2D eigenvalue weighted by Gasteiger charge is 2.18. The SMILES string of the molecule is COc1ccc(C)c(-n2cc(-c3cn(C)nc3-c3ccnc(C)c3)c(C)n2)c1. The second-order valence-corrected chi connectivity index (χ2v) is 6.98. The van der Waals surface area contributed by atoms with Crippen molar-refractivity contribution in [3.8, 4) is 33.8 Å². The quantitative estimate of drug-likeness (QED) is 0.536. The fraction of sp³-hybridized carbons (Fsp3) is 0.227. The van der Waals surface area contributed by atoms with Gasteiger partial charge in [-0.1, -0.05) is 6.07 Å². The summed E-state index contributed by atoms with van der Waals surface area (Å²) in [7, 11) is 3.61. The molecule has 142 valence electrons. The van der Waals surface area contributed by atoms with Crippen LogP contribution in [-0.4, -0.2) is 31.7 Å². The Hall–Kier alpha value is -3.41. The Morgan fingerprint density at radius 3 is 2.50 bits per heavy atom. The molecule has 0 unspecified atom stereocenters. The summed E-state index contributed by atoms with van der Waals surface area (Å²) in [6, 6.07) is 10.0. The van der Waals surface area contributed by atoms with Gasteiger partial charge in [-0.25, -0.2) is 4.68 Å². The van der Waals surface area contributed by atoms with Crippen molar-refractivity contribution in [1.29, 1.82) is 0 Å². The first kappa shape index (κ1) is 18.0. The fourth-order valence-corrected chi connectivity index (χ4v) is 3.40. The number of aryl methyl sites for hydroxylation is 4. The van der Waals surface area contributed by atoms with Gasteiger partial charge in [0.15, 0.2) is 0 Å². The molecule has 0 radical (unpaired) electrons. The van der Waals surface area contributed by atoms with Crippen molar-refractivity contribution in [3.05, 3.63) is 65.9 Å². The van der Waals surface area contributed by atoms with Crippen molar-refractivity contribution >= 4 is 0 Å². The zero-order valence-corrected chi connectivity index (χ0v) is 16.8. The third-order valence-corrected chi connectivity index (χ3v) is 4.85. The predicted molar refractivity (Wildman–Crippen MR) is 110 cm³/mol. The molecular formula is C22H23N5O. The molecule has 4 rings (SSSR count). The smallest absolute Gasteiger partial charge is 0.121 e. The first-order valence-electron chi connectivity index (χ1n) is 9.14. The maximum atomic E-state index is 5.38. The van der Waals surface area contributed by atoms with Crippen molar-refractivity contribution in [3.63, 3.8) is 0 Å². The highest BCUT2D eigenvalue weighted by molar-refractivity contribution is 5.81. The van der Waals surface area contributed by atoms with E-state index in [1.54, 1.807) is 7.11 Å². The Kier molecular flexibility index (Phi) is 4.47. The highest BCUT2D eigenvalue weighted by atomic mass is 16.5. The van der Waals surface area contributed by atoms with Gasteiger partial charge in [0.05, 0.1) is 18.5 Å². The second kappa shape index (κ2) is 6.96. The number of rotatable bonds is 4. The zero-order chi connectivity index (χ0) is 19.8. The van der Waals surface area contributed by atoms with Gasteiger partial charge in [0, 0.05) is 54.1 Å². The summed E-state index contributed by atoms with van der Waals surface area (Å²) in [5.74, 6) is 0.810. The second-order valence-electron chi connectivity index (χ2n) is 6.98. The topological polar surface area (TPSA) is 57.8 Å².